The predicted molar refractivity (Wildman–Crippen MR) is 69.4 cm³/mol. The molecule has 1 unspecified atom stereocenters. The number of imide groups is 1. The van der Waals surface area contributed by atoms with Crippen molar-refractivity contribution in [3.05, 3.63) is 0 Å². The average Bonchev–Trinajstić information content (AvgIpc) is 2.50. The van der Waals surface area contributed by atoms with Crippen molar-refractivity contribution in [1.82, 2.24) is 9.80 Å². The van der Waals surface area contributed by atoms with Crippen molar-refractivity contribution >= 4 is 17.9 Å². The molecule has 0 aromatic carbocycles. The fourth-order valence-corrected chi connectivity index (χ4v) is 2.25. The molecule has 0 saturated carbocycles. The van der Waals surface area contributed by atoms with Crippen LogP contribution in [0.4, 0.5) is 4.79 Å². The Hall–Kier alpha value is -1.59. The molecule has 0 aromatic heterocycles. The molecule has 3 amide bonds. The Labute approximate surface area is 113 Å². The highest BCUT2D eigenvalue weighted by atomic mass is 16.5. The SMILES string of the molecule is CCOC(=O)CC1C(=O)N(C(C)C)C(=O)N1C(C)C. The van der Waals surface area contributed by atoms with Crippen molar-refractivity contribution in [2.24, 2.45) is 0 Å². The zero-order valence-corrected chi connectivity index (χ0v) is 12.2. The summed E-state index contributed by atoms with van der Waals surface area (Å²) in [5.41, 5.74) is 0. The van der Waals surface area contributed by atoms with Gasteiger partial charge in [0.25, 0.3) is 5.91 Å². The molecular formula is C13H22N2O4. The molecule has 108 valence electrons. The van der Waals surface area contributed by atoms with E-state index in [0.29, 0.717) is 0 Å². The van der Waals surface area contributed by atoms with Gasteiger partial charge in [-0.2, -0.15) is 0 Å². The van der Waals surface area contributed by atoms with Crippen LogP contribution in [0.5, 0.6) is 0 Å². The third kappa shape index (κ3) is 3.05. The zero-order chi connectivity index (χ0) is 14.7. The van der Waals surface area contributed by atoms with Crippen molar-refractivity contribution in [3.8, 4) is 0 Å². The lowest BCUT2D eigenvalue weighted by Crippen LogP contribution is -2.42. The maximum Gasteiger partial charge on any atom is 0.327 e. The molecule has 6 heteroatoms. The summed E-state index contributed by atoms with van der Waals surface area (Å²) in [5, 5.41) is 0. The van der Waals surface area contributed by atoms with E-state index in [1.165, 1.54) is 9.80 Å². The Balaban J connectivity index is 2.96. The molecule has 0 bridgehead atoms. The molecule has 1 fully saturated rings. The Morgan fingerprint density at radius 2 is 1.79 bits per heavy atom. The molecule has 0 N–H and O–H groups in total. The first-order valence-electron chi connectivity index (χ1n) is 6.62. The van der Waals surface area contributed by atoms with Crippen LogP contribution in [-0.2, 0) is 14.3 Å². The van der Waals surface area contributed by atoms with Crippen LogP contribution in [0.1, 0.15) is 41.0 Å². The molecule has 1 rings (SSSR count). The maximum atomic E-state index is 12.3. The first-order valence-corrected chi connectivity index (χ1v) is 6.62. The second kappa shape index (κ2) is 6.04. The van der Waals surface area contributed by atoms with Gasteiger partial charge >= 0.3 is 12.0 Å². The molecular weight excluding hydrogens is 248 g/mol. The fraction of sp³-hybridized carbons (Fsp3) is 0.769. The van der Waals surface area contributed by atoms with Gasteiger partial charge in [0.1, 0.15) is 6.04 Å². The minimum Gasteiger partial charge on any atom is -0.466 e. The lowest BCUT2D eigenvalue weighted by Gasteiger charge is -2.25. The zero-order valence-electron chi connectivity index (χ0n) is 12.2. The molecule has 0 aliphatic carbocycles. The number of rotatable bonds is 5. The Kier molecular flexibility index (Phi) is 4.91. The predicted octanol–water partition coefficient (Wildman–Crippen LogP) is 1.39. The minimum absolute atomic E-state index is 0.0835. The number of esters is 1. The standard InChI is InChI=1S/C13H22N2O4/c1-6-19-11(16)7-10-12(17)15(9(4)5)13(18)14(10)8(2)3/h8-10H,6-7H2,1-5H3. The number of carbonyl (C=O) groups is 3. The van der Waals surface area contributed by atoms with Gasteiger partial charge in [-0.1, -0.05) is 0 Å². The van der Waals surface area contributed by atoms with E-state index < -0.39 is 12.0 Å². The first-order chi connectivity index (χ1) is 8.81. The molecule has 6 nitrogen and oxygen atoms in total. The normalized spacial score (nSPS) is 19.8. The number of nitrogens with zero attached hydrogens (tertiary/aromatic N) is 2. The number of hydrogen-bond donors (Lipinski definition) is 0. The van der Waals surface area contributed by atoms with E-state index in [0.717, 1.165) is 0 Å². The maximum absolute atomic E-state index is 12.3. The van der Waals surface area contributed by atoms with Gasteiger partial charge in [0.2, 0.25) is 0 Å². The third-order valence-corrected chi connectivity index (χ3v) is 3.02. The van der Waals surface area contributed by atoms with E-state index in [4.69, 9.17) is 4.74 Å². The van der Waals surface area contributed by atoms with Crippen LogP contribution in [-0.4, -0.2) is 52.4 Å². The summed E-state index contributed by atoms with van der Waals surface area (Å²) in [7, 11) is 0. The van der Waals surface area contributed by atoms with Gasteiger partial charge in [0, 0.05) is 12.1 Å². The van der Waals surface area contributed by atoms with Crippen molar-refractivity contribution in [1.29, 1.82) is 0 Å². The first kappa shape index (κ1) is 15.5. The Morgan fingerprint density at radius 1 is 1.21 bits per heavy atom. The van der Waals surface area contributed by atoms with Crippen LogP contribution < -0.4 is 0 Å². The summed E-state index contributed by atoms with van der Waals surface area (Å²) in [5.74, 6) is -0.772. The summed E-state index contributed by atoms with van der Waals surface area (Å²) in [6, 6.07) is -1.42. The van der Waals surface area contributed by atoms with Crippen molar-refractivity contribution < 1.29 is 19.1 Å². The minimum atomic E-state index is -0.742. The van der Waals surface area contributed by atoms with Gasteiger partial charge in [-0.15, -0.1) is 0 Å². The number of ether oxygens (including phenoxy) is 1. The number of amides is 3. The lowest BCUT2D eigenvalue weighted by molar-refractivity contribution is -0.146. The van der Waals surface area contributed by atoms with E-state index >= 15 is 0 Å². The lowest BCUT2D eigenvalue weighted by atomic mass is 10.1. The number of urea groups is 1. The summed E-state index contributed by atoms with van der Waals surface area (Å²) in [6.45, 7) is 9.19. The van der Waals surface area contributed by atoms with Gasteiger partial charge in [0.05, 0.1) is 13.0 Å². The van der Waals surface area contributed by atoms with Gasteiger partial charge < -0.3 is 9.64 Å². The summed E-state index contributed by atoms with van der Waals surface area (Å²) in [4.78, 5) is 38.7. The second-order valence-electron chi connectivity index (χ2n) is 5.11. The molecule has 0 aromatic rings. The second-order valence-corrected chi connectivity index (χ2v) is 5.11. The highest BCUT2D eigenvalue weighted by Gasteiger charge is 2.48. The molecule has 1 atom stereocenters. The highest BCUT2D eigenvalue weighted by molar-refractivity contribution is 6.05. The molecule has 1 saturated heterocycles. The quantitative estimate of drug-likeness (QED) is 0.559. The summed E-state index contributed by atoms with van der Waals surface area (Å²) >= 11 is 0. The average molecular weight is 270 g/mol. The number of hydrogen-bond acceptors (Lipinski definition) is 4. The highest BCUT2D eigenvalue weighted by Crippen LogP contribution is 2.25. The largest absolute Gasteiger partial charge is 0.466 e. The van der Waals surface area contributed by atoms with Crippen LogP contribution in [0.15, 0.2) is 0 Å². The third-order valence-electron chi connectivity index (χ3n) is 3.02. The molecule has 1 aliphatic heterocycles. The van der Waals surface area contributed by atoms with Gasteiger partial charge in [0.15, 0.2) is 0 Å². The van der Waals surface area contributed by atoms with Crippen LogP contribution in [0, 0.1) is 0 Å². The van der Waals surface area contributed by atoms with Crippen LogP contribution in [0.25, 0.3) is 0 Å². The van der Waals surface area contributed by atoms with E-state index in [9.17, 15) is 14.4 Å². The molecule has 0 spiro atoms. The smallest absolute Gasteiger partial charge is 0.327 e. The van der Waals surface area contributed by atoms with Crippen LogP contribution in [0.3, 0.4) is 0 Å². The number of carbonyl (C=O) groups excluding carboxylic acids is 3. The topological polar surface area (TPSA) is 66.9 Å². The molecule has 1 heterocycles. The fourth-order valence-electron chi connectivity index (χ4n) is 2.25. The monoisotopic (exact) mass is 270 g/mol. The Bertz CT molecular complexity index is 379. The van der Waals surface area contributed by atoms with Gasteiger partial charge in [-0.3, -0.25) is 14.5 Å². The van der Waals surface area contributed by atoms with Crippen molar-refractivity contribution in [2.45, 2.75) is 59.2 Å². The van der Waals surface area contributed by atoms with Crippen molar-refractivity contribution in [3.63, 3.8) is 0 Å². The van der Waals surface area contributed by atoms with Gasteiger partial charge in [-0.05, 0) is 34.6 Å². The van der Waals surface area contributed by atoms with Crippen molar-refractivity contribution in [2.75, 3.05) is 6.61 Å². The summed E-state index contributed by atoms with van der Waals surface area (Å²) < 4.78 is 4.86. The van der Waals surface area contributed by atoms with E-state index in [2.05, 4.69) is 0 Å². The molecule has 19 heavy (non-hydrogen) atoms. The summed E-state index contributed by atoms with van der Waals surface area (Å²) in [6.07, 6.45) is -0.0835. The van der Waals surface area contributed by atoms with E-state index in [1.807, 2.05) is 13.8 Å². The Morgan fingerprint density at radius 3 is 2.21 bits per heavy atom. The van der Waals surface area contributed by atoms with Crippen LogP contribution in [0.2, 0.25) is 0 Å². The van der Waals surface area contributed by atoms with E-state index in [1.54, 1.807) is 20.8 Å². The van der Waals surface area contributed by atoms with E-state index in [-0.39, 0.29) is 37.0 Å². The van der Waals surface area contributed by atoms with Gasteiger partial charge in [-0.25, -0.2) is 4.79 Å². The molecule has 0 radical (unpaired) electrons. The van der Waals surface area contributed by atoms with Crippen LogP contribution >= 0.6 is 0 Å². The molecule has 1 aliphatic rings.